The minimum atomic E-state index is -0.956. The van der Waals surface area contributed by atoms with Gasteiger partial charge in [0.05, 0.1) is 6.61 Å². The third kappa shape index (κ3) is 6.99. The Balaban J connectivity index is 1.30. The van der Waals surface area contributed by atoms with E-state index in [1.165, 1.54) is 16.7 Å². The zero-order valence-corrected chi connectivity index (χ0v) is 24.5. The SMILES string of the molecule is CCOC(Cc1ccc(OCCOC2c3ccc(C)cc3C=Cc3ccc(C(C)c4ccccc4)cc32)cc1)C(=O)O. The fraction of sp³-hybridized carbons (Fsp3) is 0.270. The third-order valence-electron chi connectivity index (χ3n) is 7.78. The van der Waals surface area contributed by atoms with Crippen LogP contribution in [0.1, 0.15) is 70.4 Å². The molecule has 1 N–H and O–H groups in total. The van der Waals surface area contributed by atoms with Crippen molar-refractivity contribution in [3.05, 3.63) is 136 Å². The first-order valence-corrected chi connectivity index (χ1v) is 14.6. The van der Waals surface area contributed by atoms with Gasteiger partial charge in [-0.25, -0.2) is 4.79 Å². The molecule has 5 rings (SSSR count). The molecule has 0 amide bonds. The second-order valence-corrected chi connectivity index (χ2v) is 10.7. The Hall–Kier alpha value is -4.19. The Morgan fingerprint density at radius 2 is 1.60 bits per heavy atom. The van der Waals surface area contributed by atoms with E-state index >= 15 is 0 Å². The van der Waals surface area contributed by atoms with Gasteiger partial charge < -0.3 is 19.3 Å². The van der Waals surface area contributed by atoms with Crippen LogP contribution in [0.25, 0.3) is 12.2 Å². The average Bonchev–Trinajstić information content (AvgIpc) is 3.15. The maximum atomic E-state index is 11.4. The number of fused-ring (bicyclic) bond motifs is 2. The summed E-state index contributed by atoms with van der Waals surface area (Å²) in [7, 11) is 0. The molecule has 0 saturated carbocycles. The third-order valence-corrected chi connectivity index (χ3v) is 7.78. The van der Waals surface area contributed by atoms with Crippen molar-refractivity contribution in [2.24, 2.45) is 0 Å². The lowest BCUT2D eigenvalue weighted by atomic mass is 9.88. The molecule has 1 aliphatic rings. The molecule has 0 aromatic heterocycles. The smallest absolute Gasteiger partial charge is 0.333 e. The molecule has 0 bridgehead atoms. The lowest BCUT2D eigenvalue weighted by molar-refractivity contribution is -0.149. The number of hydrogen-bond donors (Lipinski definition) is 1. The van der Waals surface area contributed by atoms with E-state index < -0.39 is 12.1 Å². The second-order valence-electron chi connectivity index (χ2n) is 10.7. The van der Waals surface area contributed by atoms with Gasteiger partial charge in [0.15, 0.2) is 6.10 Å². The molecule has 4 aromatic carbocycles. The first-order chi connectivity index (χ1) is 20.4. The van der Waals surface area contributed by atoms with Gasteiger partial charge in [-0.3, -0.25) is 0 Å². The van der Waals surface area contributed by atoms with Crippen molar-refractivity contribution in [1.29, 1.82) is 0 Å². The lowest BCUT2D eigenvalue weighted by Gasteiger charge is -2.23. The monoisotopic (exact) mass is 562 g/mol. The minimum Gasteiger partial charge on any atom is -0.491 e. The number of ether oxygens (including phenoxy) is 3. The van der Waals surface area contributed by atoms with Crippen molar-refractivity contribution in [2.45, 2.75) is 45.3 Å². The number of aliphatic carboxylic acids is 1. The molecular formula is C37H38O5. The summed E-state index contributed by atoms with van der Waals surface area (Å²) in [5.41, 5.74) is 9.25. The summed E-state index contributed by atoms with van der Waals surface area (Å²) in [6.07, 6.45) is 3.60. The summed E-state index contributed by atoms with van der Waals surface area (Å²) < 4.78 is 17.9. The highest BCUT2D eigenvalue weighted by Crippen LogP contribution is 2.38. The number of rotatable bonds is 12. The van der Waals surface area contributed by atoms with Crippen LogP contribution in [0, 0.1) is 6.92 Å². The van der Waals surface area contributed by atoms with Crippen LogP contribution in [0.2, 0.25) is 0 Å². The summed E-state index contributed by atoms with van der Waals surface area (Å²) in [5.74, 6) is 0.0130. The molecule has 0 radical (unpaired) electrons. The van der Waals surface area contributed by atoms with E-state index in [-0.39, 0.29) is 12.0 Å². The average molecular weight is 563 g/mol. The van der Waals surface area contributed by atoms with Gasteiger partial charge in [-0.05, 0) is 64.9 Å². The van der Waals surface area contributed by atoms with Crippen molar-refractivity contribution in [2.75, 3.05) is 19.8 Å². The van der Waals surface area contributed by atoms with Crippen LogP contribution in [0.15, 0.2) is 91.0 Å². The maximum absolute atomic E-state index is 11.4. The first-order valence-electron chi connectivity index (χ1n) is 14.6. The Morgan fingerprint density at radius 3 is 2.33 bits per heavy atom. The number of carboxylic acid groups (broad SMARTS) is 1. The summed E-state index contributed by atoms with van der Waals surface area (Å²) >= 11 is 0. The van der Waals surface area contributed by atoms with Crippen LogP contribution in [0.3, 0.4) is 0 Å². The highest BCUT2D eigenvalue weighted by molar-refractivity contribution is 5.77. The van der Waals surface area contributed by atoms with E-state index in [1.54, 1.807) is 6.92 Å². The fourth-order valence-electron chi connectivity index (χ4n) is 5.46. The van der Waals surface area contributed by atoms with Crippen LogP contribution >= 0.6 is 0 Å². The predicted octanol–water partition coefficient (Wildman–Crippen LogP) is 7.85. The summed E-state index contributed by atoms with van der Waals surface area (Å²) in [5, 5.41) is 9.35. The molecule has 3 unspecified atom stereocenters. The Morgan fingerprint density at radius 1 is 0.833 bits per heavy atom. The Labute approximate surface area is 248 Å². The van der Waals surface area contributed by atoms with Gasteiger partial charge in [-0.15, -0.1) is 0 Å². The molecule has 1 aliphatic carbocycles. The van der Waals surface area contributed by atoms with Crippen LogP contribution in [-0.2, 0) is 20.7 Å². The first kappa shape index (κ1) is 29.3. The van der Waals surface area contributed by atoms with E-state index in [1.807, 2.05) is 24.3 Å². The number of carboxylic acids is 1. The molecule has 42 heavy (non-hydrogen) atoms. The largest absolute Gasteiger partial charge is 0.491 e. The summed E-state index contributed by atoms with van der Waals surface area (Å²) in [4.78, 5) is 11.4. The summed E-state index contributed by atoms with van der Waals surface area (Å²) in [6, 6.07) is 31.3. The Bertz CT molecular complexity index is 1520. The molecule has 0 spiro atoms. The maximum Gasteiger partial charge on any atom is 0.333 e. The van der Waals surface area contributed by atoms with Crippen LogP contribution < -0.4 is 4.74 Å². The van der Waals surface area contributed by atoms with Crippen molar-refractivity contribution >= 4 is 18.1 Å². The van der Waals surface area contributed by atoms with Gasteiger partial charge in [0.1, 0.15) is 18.5 Å². The van der Waals surface area contributed by atoms with Crippen molar-refractivity contribution in [1.82, 2.24) is 0 Å². The zero-order valence-electron chi connectivity index (χ0n) is 24.5. The van der Waals surface area contributed by atoms with Gasteiger partial charge in [-0.1, -0.05) is 104 Å². The summed E-state index contributed by atoms with van der Waals surface area (Å²) in [6.45, 7) is 7.30. The second kappa shape index (κ2) is 13.6. The van der Waals surface area contributed by atoms with E-state index in [2.05, 4.69) is 92.7 Å². The topological polar surface area (TPSA) is 65.0 Å². The van der Waals surface area contributed by atoms with E-state index in [4.69, 9.17) is 14.2 Å². The minimum absolute atomic E-state index is 0.231. The number of carbonyl (C=O) groups is 1. The number of aryl methyl sites for hydroxylation is 1. The van der Waals surface area contributed by atoms with Gasteiger partial charge in [-0.2, -0.15) is 0 Å². The molecule has 0 saturated heterocycles. The van der Waals surface area contributed by atoms with Gasteiger partial charge in [0.25, 0.3) is 0 Å². The molecular weight excluding hydrogens is 524 g/mol. The van der Waals surface area contributed by atoms with Gasteiger partial charge >= 0.3 is 5.97 Å². The molecule has 0 heterocycles. The van der Waals surface area contributed by atoms with Crippen molar-refractivity contribution in [3.63, 3.8) is 0 Å². The van der Waals surface area contributed by atoms with E-state index in [0.717, 1.165) is 27.8 Å². The van der Waals surface area contributed by atoms with E-state index in [9.17, 15) is 9.90 Å². The molecule has 5 heteroatoms. The molecule has 0 aliphatic heterocycles. The zero-order chi connectivity index (χ0) is 29.5. The molecule has 3 atom stereocenters. The van der Waals surface area contributed by atoms with Crippen molar-refractivity contribution in [3.8, 4) is 5.75 Å². The van der Waals surface area contributed by atoms with Crippen molar-refractivity contribution < 1.29 is 24.1 Å². The van der Waals surface area contributed by atoms with Crippen LogP contribution in [0.5, 0.6) is 5.75 Å². The Kier molecular flexibility index (Phi) is 9.52. The molecule has 216 valence electrons. The normalized spacial score (nSPS) is 15.3. The lowest BCUT2D eigenvalue weighted by Crippen LogP contribution is -2.26. The van der Waals surface area contributed by atoms with E-state index in [0.29, 0.717) is 32.0 Å². The van der Waals surface area contributed by atoms with Gasteiger partial charge in [0.2, 0.25) is 0 Å². The molecule has 4 aromatic rings. The standard InChI is InChI=1S/C37H38O5/c1-4-40-35(37(38)39)23-27-11-17-32(18-12-27)41-20-21-42-36-33-19-10-25(2)22-31(33)16-14-29-13-15-30(24-34(29)36)26(3)28-8-6-5-7-9-28/h5-19,22,24,26,35-36H,4,20-21,23H2,1-3H3,(H,38,39). The predicted molar refractivity (Wildman–Crippen MR) is 167 cm³/mol. The molecule has 0 fully saturated rings. The fourth-order valence-corrected chi connectivity index (χ4v) is 5.46. The molecule has 5 nitrogen and oxygen atoms in total. The van der Waals surface area contributed by atoms with Crippen LogP contribution in [0.4, 0.5) is 0 Å². The number of benzene rings is 4. The number of hydrogen-bond acceptors (Lipinski definition) is 4. The quantitative estimate of drug-likeness (QED) is 0.178. The highest BCUT2D eigenvalue weighted by Gasteiger charge is 2.24. The van der Waals surface area contributed by atoms with Gasteiger partial charge in [0, 0.05) is 18.9 Å². The van der Waals surface area contributed by atoms with Crippen LogP contribution in [-0.4, -0.2) is 37.0 Å². The highest BCUT2D eigenvalue weighted by atomic mass is 16.5.